The summed E-state index contributed by atoms with van der Waals surface area (Å²) in [6.07, 6.45) is 1.07. The van der Waals surface area contributed by atoms with Crippen LogP contribution in [0.15, 0.2) is 6.20 Å². The topological polar surface area (TPSA) is 116 Å². The Morgan fingerprint density at radius 1 is 1.69 bits per heavy atom. The van der Waals surface area contributed by atoms with E-state index in [1.54, 1.807) is 0 Å². The summed E-state index contributed by atoms with van der Waals surface area (Å²) in [7, 11) is 0. The van der Waals surface area contributed by atoms with Crippen molar-refractivity contribution in [3.05, 3.63) is 16.3 Å². The fraction of sp³-hybridized carbons (Fsp3) is 0.500. The van der Waals surface area contributed by atoms with Crippen molar-refractivity contribution in [2.75, 3.05) is 30.8 Å². The van der Waals surface area contributed by atoms with Crippen LogP contribution in [0, 0.1) is 10.1 Å². The van der Waals surface area contributed by atoms with Gasteiger partial charge in [0.15, 0.2) is 0 Å². The molecule has 1 aromatic heterocycles. The number of hydrogen-bond donors (Lipinski definition) is 2. The zero-order chi connectivity index (χ0) is 12.0. The van der Waals surface area contributed by atoms with E-state index in [2.05, 4.69) is 15.3 Å². The molecule has 88 valence electrons. The van der Waals surface area contributed by atoms with Crippen LogP contribution >= 0.6 is 0 Å². The van der Waals surface area contributed by atoms with Crippen LogP contribution in [0.4, 0.5) is 17.5 Å². The number of nitrogens with two attached hydrogens (primary N) is 1. The van der Waals surface area contributed by atoms with E-state index in [4.69, 9.17) is 10.5 Å². The van der Waals surface area contributed by atoms with Gasteiger partial charge in [0.05, 0.1) is 11.5 Å². The van der Waals surface area contributed by atoms with E-state index in [1.807, 2.05) is 6.92 Å². The quantitative estimate of drug-likeness (QED) is 0.410. The number of rotatable bonds is 6. The van der Waals surface area contributed by atoms with Gasteiger partial charge < -0.3 is 15.8 Å². The Morgan fingerprint density at radius 3 is 3.06 bits per heavy atom. The Hall–Kier alpha value is -1.96. The minimum absolute atomic E-state index is 0.00971. The molecule has 0 aliphatic rings. The van der Waals surface area contributed by atoms with Crippen molar-refractivity contribution in [2.24, 2.45) is 0 Å². The molecule has 0 fully saturated rings. The molecule has 0 amide bonds. The van der Waals surface area contributed by atoms with E-state index in [1.165, 1.54) is 0 Å². The van der Waals surface area contributed by atoms with E-state index in [9.17, 15) is 10.1 Å². The molecule has 0 atom stereocenters. The number of nitrogens with zero attached hydrogens (tertiary/aromatic N) is 3. The lowest BCUT2D eigenvalue weighted by Gasteiger charge is -2.06. The van der Waals surface area contributed by atoms with E-state index >= 15 is 0 Å². The maximum Gasteiger partial charge on any atom is 0.329 e. The van der Waals surface area contributed by atoms with E-state index in [-0.39, 0.29) is 17.5 Å². The van der Waals surface area contributed by atoms with Gasteiger partial charge in [-0.1, -0.05) is 0 Å². The lowest BCUT2D eigenvalue weighted by molar-refractivity contribution is -0.384. The van der Waals surface area contributed by atoms with Crippen LogP contribution in [0.1, 0.15) is 6.92 Å². The highest BCUT2D eigenvalue weighted by atomic mass is 16.6. The maximum atomic E-state index is 10.6. The summed E-state index contributed by atoms with van der Waals surface area (Å²) >= 11 is 0. The second-order valence-corrected chi connectivity index (χ2v) is 2.84. The minimum atomic E-state index is -0.567. The molecule has 0 aromatic carbocycles. The summed E-state index contributed by atoms with van der Waals surface area (Å²) in [6, 6.07) is 0. The van der Waals surface area contributed by atoms with E-state index in [0.29, 0.717) is 19.8 Å². The number of hydrogen-bond acceptors (Lipinski definition) is 7. The summed E-state index contributed by atoms with van der Waals surface area (Å²) in [5.41, 5.74) is 5.14. The smallest absolute Gasteiger partial charge is 0.329 e. The third-order valence-electron chi connectivity index (χ3n) is 1.73. The molecule has 0 saturated heterocycles. The molecule has 1 aromatic rings. The molecule has 8 heteroatoms. The third kappa shape index (κ3) is 3.31. The average molecular weight is 227 g/mol. The highest BCUT2D eigenvalue weighted by Gasteiger charge is 2.15. The molecule has 8 nitrogen and oxygen atoms in total. The van der Waals surface area contributed by atoms with Gasteiger partial charge in [-0.25, -0.2) is 4.98 Å². The predicted octanol–water partition coefficient (Wildman–Crippen LogP) is 0.415. The van der Waals surface area contributed by atoms with Gasteiger partial charge in [0, 0.05) is 13.2 Å². The lowest BCUT2D eigenvalue weighted by Crippen LogP contribution is -2.12. The van der Waals surface area contributed by atoms with Gasteiger partial charge in [0.1, 0.15) is 6.20 Å². The van der Waals surface area contributed by atoms with Crippen molar-refractivity contribution in [3.8, 4) is 0 Å². The molecule has 1 rings (SSSR count). The normalized spacial score (nSPS) is 10.1. The Balaban J connectivity index is 2.68. The Labute approximate surface area is 92.0 Å². The summed E-state index contributed by atoms with van der Waals surface area (Å²) in [6.45, 7) is 3.32. The molecule has 0 bridgehead atoms. The van der Waals surface area contributed by atoms with Crippen molar-refractivity contribution >= 4 is 17.5 Å². The fourth-order valence-electron chi connectivity index (χ4n) is 1.04. The molecule has 0 radical (unpaired) electrons. The second-order valence-electron chi connectivity index (χ2n) is 2.84. The largest absolute Gasteiger partial charge is 0.380 e. The Kier molecular flexibility index (Phi) is 4.40. The molecule has 0 spiro atoms. The van der Waals surface area contributed by atoms with Crippen molar-refractivity contribution in [1.82, 2.24) is 9.97 Å². The molecular formula is C8H13N5O3. The first kappa shape index (κ1) is 12.1. The van der Waals surface area contributed by atoms with Crippen molar-refractivity contribution in [2.45, 2.75) is 6.92 Å². The minimum Gasteiger partial charge on any atom is -0.380 e. The second kappa shape index (κ2) is 5.81. The molecule has 1 heterocycles. The van der Waals surface area contributed by atoms with Gasteiger partial charge in [0.2, 0.25) is 11.8 Å². The van der Waals surface area contributed by atoms with Crippen LogP contribution in [0.3, 0.4) is 0 Å². The first-order valence-corrected chi connectivity index (χ1v) is 4.73. The molecule has 0 saturated carbocycles. The van der Waals surface area contributed by atoms with Gasteiger partial charge in [-0.3, -0.25) is 10.1 Å². The highest BCUT2D eigenvalue weighted by Crippen LogP contribution is 2.20. The van der Waals surface area contributed by atoms with E-state index in [0.717, 1.165) is 6.20 Å². The fourth-order valence-corrected chi connectivity index (χ4v) is 1.04. The third-order valence-corrected chi connectivity index (χ3v) is 1.73. The zero-order valence-electron chi connectivity index (χ0n) is 8.84. The van der Waals surface area contributed by atoms with Gasteiger partial charge >= 0.3 is 5.69 Å². The van der Waals surface area contributed by atoms with Gasteiger partial charge in [-0.05, 0) is 6.92 Å². The Morgan fingerprint density at radius 2 is 2.44 bits per heavy atom. The van der Waals surface area contributed by atoms with Crippen LogP contribution in [-0.4, -0.2) is 34.6 Å². The number of ether oxygens (including phenoxy) is 1. The SMILES string of the molecule is CCOCCNc1nc(N)ncc1[N+](=O)[O-]. The standard InChI is InChI=1S/C8H13N5O3/c1-2-16-4-3-10-7-6(13(14)15)5-11-8(9)12-7/h5H,2-4H2,1H3,(H3,9,10,11,12). The van der Waals surface area contributed by atoms with Gasteiger partial charge in [-0.2, -0.15) is 4.98 Å². The summed E-state index contributed by atoms with van der Waals surface area (Å²) in [5.74, 6) is 0.0988. The monoisotopic (exact) mass is 227 g/mol. The summed E-state index contributed by atoms with van der Waals surface area (Å²) in [5, 5.41) is 13.4. The molecule has 0 unspecified atom stereocenters. The van der Waals surface area contributed by atoms with E-state index < -0.39 is 4.92 Å². The first-order valence-electron chi connectivity index (χ1n) is 4.73. The zero-order valence-corrected chi connectivity index (χ0v) is 8.84. The number of anilines is 2. The molecule has 0 aliphatic heterocycles. The van der Waals surface area contributed by atoms with Gasteiger partial charge in [0.25, 0.3) is 0 Å². The molecular weight excluding hydrogens is 214 g/mol. The maximum absolute atomic E-state index is 10.6. The van der Waals surface area contributed by atoms with Crippen molar-refractivity contribution < 1.29 is 9.66 Å². The molecule has 16 heavy (non-hydrogen) atoms. The highest BCUT2D eigenvalue weighted by molar-refractivity contribution is 5.56. The van der Waals surface area contributed by atoms with Crippen LogP contribution < -0.4 is 11.1 Å². The Bertz CT molecular complexity index is 371. The van der Waals surface area contributed by atoms with Crippen LogP contribution in [0.25, 0.3) is 0 Å². The van der Waals surface area contributed by atoms with Crippen LogP contribution in [0.5, 0.6) is 0 Å². The lowest BCUT2D eigenvalue weighted by atomic mass is 10.4. The van der Waals surface area contributed by atoms with Crippen LogP contribution in [0.2, 0.25) is 0 Å². The number of nitrogen functional groups attached to an aromatic ring is 1. The molecule has 3 N–H and O–H groups in total. The summed E-state index contributed by atoms with van der Waals surface area (Å²) < 4.78 is 5.08. The average Bonchev–Trinajstić information content (AvgIpc) is 2.24. The van der Waals surface area contributed by atoms with Crippen molar-refractivity contribution in [1.29, 1.82) is 0 Å². The number of nitrogens with one attached hydrogen (secondary N) is 1. The molecule has 0 aliphatic carbocycles. The van der Waals surface area contributed by atoms with Crippen molar-refractivity contribution in [3.63, 3.8) is 0 Å². The first-order chi connectivity index (χ1) is 7.65. The number of aromatic nitrogens is 2. The van der Waals surface area contributed by atoms with Gasteiger partial charge in [-0.15, -0.1) is 0 Å². The van der Waals surface area contributed by atoms with Crippen LogP contribution in [-0.2, 0) is 4.74 Å². The number of nitro groups is 1. The predicted molar refractivity (Wildman–Crippen MR) is 58.1 cm³/mol. The summed E-state index contributed by atoms with van der Waals surface area (Å²) in [4.78, 5) is 17.4.